The Balaban J connectivity index is 1.51. The van der Waals surface area contributed by atoms with Crippen LogP contribution in [0.2, 0.25) is 0 Å². The largest absolute Gasteiger partial charge is 0.455 e. The molecule has 27 heavy (non-hydrogen) atoms. The average molecular weight is 366 g/mol. The van der Waals surface area contributed by atoms with Crippen molar-refractivity contribution in [2.24, 2.45) is 0 Å². The van der Waals surface area contributed by atoms with Gasteiger partial charge in [0.1, 0.15) is 5.69 Å². The van der Waals surface area contributed by atoms with E-state index in [1.807, 2.05) is 42.5 Å². The van der Waals surface area contributed by atoms with Crippen LogP contribution in [0.1, 0.15) is 32.0 Å². The number of esters is 1. The highest BCUT2D eigenvalue weighted by molar-refractivity contribution is 5.93. The van der Waals surface area contributed by atoms with Crippen LogP contribution in [0, 0.1) is 0 Å². The van der Waals surface area contributed by atoms with Gasteiger partial charge in [0.2, 0.25) is 0 Å². The Labute approximate surface area is 157 Å². The van der Waals surface area contributed by atoms with Crippen LogP contribution in [-0.2, 0) is 26.2 Å². The molecule has 0 aliphatic rings. The lowest BCUT2D eigenvalue weighted by Crippen LogP contribution is -2.21. The summed E-state index contributed by atoms with van der Waals surface area (Å²) in [5.74, 6) is -0.927. The minimum atomic E-state index is -0.535. The Morgan fingerprint density at radius 1 is 1.07 bits per heavy atom. The number of carbonyl (C=O) groups is 2. The highest BCUT2D eigenvalue weighted by atomic mass is 16.5. The molecule has 0 atom stereocenters. The van der Waals surface area contributed by atoms with Crippen molar-refractivity contribution < 1.29 is 18.8 Å². The summed E-state index contributed by atoms with van der Waals surface area (Å²) >= 11 is 0. The van der Waals surface area contributed by atoms with E-state index in [0.717, 1.165) is 5.39 Å². The van der Waals surface area contributed by atoms with Crippen LogP contribution in [-0.4, -0.2) is 23.6 Å². The van der Waals surface area contributed by atoms with E-state index in [1.54, 1.807) is 6.07 Å². The van der Waals surface area contributed by atoms with E-state index in [0.29, 0.717) is 17.0 Å². The van der Waals surface area contributed by atoms with Crippen LogP contribution in [0.15, 0.2) is 53.1 Å². The number of carbonyl (C=O) groups excluding carboxylic acids is 2. The molecule has 140 valence electrons. The molecule has 6 heteroatoms. The van der Waals surface area contributed by atoms with E-state index in [1.165, 1.54) is 5.56 Å². The van der Waals surface area contributed by atoms with Gasteiger partial charge < -0.3 is 14.6 Å². The third-order valence-electron chi connectivity index (χ3n) is 4.16. The smallest absolute Gasteiger partial charge is 0.312 e. The lowest BCUT2D eigenvalue weighted by Gasteiger charge is -2.19. The van der Waals surface area contributed by atoms with Crippen LogP contribution in [0.25, 0.3) is 11.0 Å². The lowest BCUT2D eigenvalue weighted by atomic mass is 9.87. The number of hydrogen-bond acceptors (Lipinski definition) is 5. The summed E-state index contributed by atoms with van der Waals surface area (Å²) in [4.78, 5) is 24.0. The molecule has 0 spiro atoms. The molecule has 3 aromatic rings. The van der Waals surface area contributed by atoms with Crippen molar-refractivity contribution >= 4 is 28.5 Å². The van der Waals surface area contributed by atoms with Crippen molar-refractivity contribution in [1.29, 1.82) is 0 Å². The van der Waals surface area contributed by atoms with Crippen LogP contribution in [0.3, 0.4) is 0 Å². The number of aromatic nitrogens is 1. The Morgan fingerprint density at radius 3 is 2.48 bits per heavy atom. The number of rotatable bonds is 5. The first-order chi connectivity index (χ1) is 12.8. The van der Waals surface area contributed by atoms with Gasteiger partial charge in [-0.25, -0.2) is 0 Å². The van der Waals surface area contributed by atoms with Crippen molar-refractivity contribution in [2.45, 2.75) is 32.6 Å². The number of anilines is 1. The maximum Gasteiger partial charge on any atom is 0.312 e. The van der Waals surface area contributed by atoms with Gasteiger partial charge in [0.25, 0.3) is 5.91 Å². The predicted octanol–water partition coefficient (Wildman–Crippen LogP) is 3.85. The number of nitrogens with zero attached hydrogens (tertiary/aromatic N) is 1. The molecule has 3 rings (SSSR count). The number of para-hydroxylation sites is 1. The van der Waals surface area contributed by atoms with Gasteiger partial charge in [-0.2, -0.15) is 0 Å². The third kappa shape index (κ3) is 4.73. The fraction of sp³-hybridized carbons (Fsp3) is 0.286. The lowest BCUT2D eigenvalue weighted by molar-refractivity contribution is -0.146. The predicted molar refractivity (Wildman–Crippen MR) is 102 cm³/mol. The SMILES string of the molecule is CC(C)(C)c1ccc(NC(=O)COC(=O)Cc2noc3ccccc23)cc1. The summed E-state index contributed by atoms with van der Waals surface area (Å²) in [5.41, 5.74) is 2.98. The fourth-order valence-electron chi connectivity index (χ4n) is 2.65. The molecular formula is C21H22N2O4. The zero-order chi connectivity index (χ0) is 19.4. The number of amides is 1. The topological polar surface area (TPSA) is 81.4 Å². The number of nitrogens with one attached hydrogen (secondary N) is 1. The summed E-state index contributed by atoms with van der Waals surface area (Å²) in [6.07, 6.45) is -0.0510. The molecule has 0 aliphatic heterocycles. The Bertz CT molecular complexity index is 952. The second-order valence-corrected chi connectivity index (χ2v) is 7.34. The van der Waals surface area contributed by atoms with Gasteiger partial charge in [-0.1, -0.05) is 50.2 Å². The summed E-state index contributed by atoms with van der Waals surface area (Å²) in [6, 6.07) is 14.9. The number of benzene rings is 2. The van der Waals surface area contributed by atoms with E-state index in [2.05, 4.69) is 31.2 Å². The van der Waals surface area contributed by atoms with E-state index in [9.17, 15) is 9.59 Å². The molecule has 0 radical (unpaired) electrons. The fourth-order valence-corrected chi connectivity index (χ4v) is 2.65. The van der Waals surface area contributed by atoms with Crippen LogP contribution < -0.4 is 5.32 Å². The Morgan fingerprint density at radius 2 is 1.78 bits per heavy atom. The van der Waals surface area contributed by atoms with E-state index in [4.69, 9.17) is 9.26 Å². The second-order valence-electron chi connectivity index (χ2n) is 7.34. The van der Waals surface area contributed by atoms with E-state index in [-0.39, 0.29) is 18.4 Å². The molecule has 1 N–H and O–H groups in total. The van der Waals surface area contributed by atoms with Gasteiger partial charge in [0, 0.05) is 11.1 Å². The van der Waals surface area contributed by atoms with E-state index < -0.39 is 11.9 Å². The first-order valence-electron chi connectivity index (χ1n) is 8.72. The van der Waals surface area contributed by atoms with Gasteiger partial charge in [-0.15, -0.1) is 0 Å². The molecule has 2 aromatic carbocycles. The highest BCUT2D eigenvalue weighted by Crippen LogP contribution is 2.23. The first-order valence-corrected chi connectivity index (χ1v) is 8.72. The molecule has 0 bridgehead atoms. The van der Waals surface area contributed by atoms with Crippen LogP contribution in [0.5, 0.6) is 0 Å². The molecule has 1 heterocycles. The molecule has 1 aromatic heterocycles. The third-order valence-corrected chi connectivity index (χ3v) is 4.16. The van der Waals surface area contributed by atoms with Crippen molar-refractivity contribution in [2.75, 3.05) is 11.9 Å². The zero-order valence-electron chi connectivity index (χ0n) is 15.6. The van der Waals surface area contributed by atoms with Gasteiger partial charge in [-0.3, -0.25) is 9.59 Å². The molecule has 0 fully saturated rings. The molecule has 0 aliphatic carbocycles. The standard InChI is InChI=1S/C21H22N2O4/c1-21(2,3)14-8-10-15(11-9-14)22-19(24)13-26-20(25)12-17-16-6-4-5-7-18(16)27-23-17/h4-11H,12-13H2,1-3H3,(H,22,24). The Kier molecular flexibility index (Phi) is 5.26. The van der Waals surface area contributed by atoms with E-state index >= 15 is 0 Å². The normalized spacial score (nSPS) is 11.4. The minimum absolute atomic E-state index is 0.0450. The van der Waals surface area contributed by atoms with Crippen molar-refractivity contribution in [3.05, 3.63) is 59.8 Å². The van der Waals surface area contributed by atoms with Crippen molar-refractivity contribution in [3.63, 3.8) is 0 Å². The first kappa shape index (κ1) is 18.6. The maximum atomic E-state index is 12.0. The number of ether oxygens (including phenoxy) is 1. The Hall–Kier alpha value is -3.15. The summed E-state index contributed by atoms with van der Waals surface area (Å²) < 4.78 is 10.2. The molecule has 1 amide bonds. The van der Waals surface area contributed by atoms with Crippen LogP contribution in [0.4, 0.5) is 5.69 Å². The van der Waals surface area contributed by atoms with Gasteiger partial charge in [0.15, 0.2) is 12.2 Å². The molecule has 0 saturated heterocycles. The minimum Gasteiger partial charge on any atom is -0.455 e. The zero-order valence-corrected chi connectivity index (χ0v) is 15.6. The highest BCUT2D eigenvalue weighted by Gasteiger charge is 2.15. The van der Waals surface area contributed by atoms with Crippen LogP contribution >= 0.6 is 0 Å². The summed E-state index contributed by atoms with van der Waals surface area (Å²) in [6.45, 7) is 6.02. The molecule has 6 nitrogen and oxygen atoms in total. The number of hydrogen-bond donors (Lipinski definition) is 1. The van der Waals surface area contributed by atoms with Gasteiger partial charge in [-0.05, 0) is 35.2 Å². The summed E-state index contributed by atoms with van der Waals surface area (Å²) in [7, 11) is 0. The monoisotopic (exact) mass is 366 g/mol. The maximum absolute atomic E-state index is 12.0. The number of fused-ring (bicyclic) bond motifs is 1. The molecular weight excluding hydrogens is 344 g/mol. The second kappa shape index (κ2) is 7.61. The van der Waals surface area contributed by atoms with Gasteiger partial charge in [0.05, 0.1) is 6.42 Å². The average Bonchev–Trinajstić information content (AvgIpc) is 3.03. The quantitative estimate of drug-likeness (QED) is 0.694. The van der Waals surface area contributed by atoms with Crippen molar-refractivity contribution in [1.82, 2.24) is 5.16 Å². The molecule has 0 saturated carbocycles. The summed E-state index contributed by atoms with van der Waals surface area (Å²) in [5, 5.41) is 7.36. The molecule has 0 unspecified atom stereocenters. The van der Waals surface area contributed by atoms with Crippen molar-refractivity contribution in [3.8, 4) is 0 Å². The van der Waals surface area contributed by atoms with Gasteiger partial charge >= 0.3 is 5.97 Å².